The Labute approximate surface area is 110 Å². The van der Waals surface area contributed by atoms with E-state index in [9.17, 15) is 0 Å². The fourth-order valence-corrected chi connectivity index (χ4v) is 2.95. The van der Waals surface area contributed by atoms with Crippen LogP contribution in [0.1, 0.15) is 37.4 Å². The molecule has 0 fully saturated rings. The molecule has 1 N–H and O–H groups in total. The van der Waals surface area contributed by atoms with E-state index in [1.807, 2.05) is 11.6 Å². The van der Waals surface area contributed by atoms with E-state index in [1.165, 1.54) is 0 Å². The second-order valence-corrected chi connectivity index (χ2v) is 5.71. The third-order valence-corrected chi connectivity index (χ3v) is 4.21. The highest BCUT2D eigenvalue weighted by molar-refractivity contribution is 7.71. The monoisotopic (exact) mass is 268 g/mol. The predicted molar refractivity (Wildman–Crippen MR) is 73.0 cm³/mol. The summed E-state index contributed by atoms with van der Waals surface area (Å²) in [4.78, 5) is 5.80. The lowest BCUT2D eigenvalue weighted by Gasteiger charge is -2.04. The van der Waals surface area contributed by atoms with Crippen molar-refractivity contribution < 1.29 is 0 Å². The molecule has 2 heterocycles. The first-order chi connectivity index (χ1) is 8.04. The van der Waals surface area contributed by atoms with E-state index in [2.05, 4.69) is 36.0 Å². The summed E-state index contributed by atoms with van der Waals surface area (Å²) in [5, 5.41) is 8.27. The third kappa shape index (κ3) is 2.19. The minimum absolute atomic E-state index is 0.395. The molecular weight excluding hydrogens is 252 g/mol. The average Bonchev–Trinajstić information content (AvgIpc) is 2.84. The van der Waals surface area contributed by atoms with Crippen LogP contribution in [-0.2, 0) is 13.5 Å². The molecule has 0 aliphatic rings. The van der Waals surface area contributed by atoms with Crippen molar-refractivity contribution in [2.75, 3.05) is 0 Å². The molecule has 0 saturated carbocycles. The van der Waals surface area contributed by atoms with Gasteiger partial charge in [0.1, 0.15) is 0 Å². The van der Waals surface area contributed by atoms with Gasteiger partial charge in [0.15, 0.2) is 10.6 Å². The SMILES string of the molecule is CCc1nc(C(C)C)c(-c2n[nH]c(=S)n2C)s1. The van der Waals surface area contributed by atoms with E-state index in [0.29, 0.717) is 10.7 Å². The van der Waals surface area contributed by atoms with Gasteiger partial charge in [-0.15, -0.1) is 11.3 Å². The first-order valence-corrected chi connectivity index (χ1v) is 6.88. The normalized spacial score (nSPS) is 11.4. The molecule has 2 aromatic heterocycles. The zero-order valence-corrected chi connectivity index (χ0v) is 12.1. The second-order valence-electron chi connectivity index (χ2n) is 4.24. The van der Waals surface area contributed by atoms with Crippen molar-refractivity contribution in [3.63, 3.8) is 0 Å². The number of hydrogen-bond acceptors (Lipinski definition) is 4. The van der Waals surface area contributed by atoms with Crippen molar-refractivity contribution in [3.05, 3.63) is 15.5 Å². The van der Waals surface area contributed by atoms with Gasteiger partial charge in [0.25, 0.3) is 0 Å². The third-order valence-electron chi connectivity index (χ3n) is 2.63. The molecule has 17 heavy (non-hydrogen) atoms. The number of nitrogens with zero attached hydrogens (tertiary/aromatic N) is 3. The molecule has 0 amide bonds. The molecule has 0 radical (unpaired) electrons. The molecule has 0 saturated heterocycles. The predicted octanol–water partition coefficient (Wildman–Crippen LogP) is 3.29. The Hall–Kier alpha value is -1.01. The first kappa shape index (κ1) is 12.4. The van der Waals surface area contributed by atoms with Crippen LogP contribution in [0.25, 0.3) is 10.7 Å². The number of hydrogen-bond donors (Lipinski definition) is 1. The van der Waals surface area contributed by atoms with Gasteiger partial charge in [-0.05, 0) is 24.6 Å². The van der Waals surface area contributed by atoms with Crippen LogP contribution >= 0.6 is 23.6 Å². The highest BCUT2D eigenvalue weighted by atomic mass is 32.1. The molecule has 0 spiro atoms. The minimum Gasteiger partial charge on any atom is -0.303 e. The summed E-state index contributed by atoms with van der Waals surface area (Å²) in [6.45, 7) is 6.42. The molecule has 2 aromatic rings. The van der Waals surface area contributed by atoms with E-state index < -0.39 is 0 Å². The highest BCUT2D eigenvalue weighted by Crippen LogP contribution is 2.33. The standard InChI is InChI=1S/C11H16N4S2/c1-5-7-12-8(6(2)3)9(17-7)10-13-14-11(16)15(10)4/h6H,5H2,1-4H3,(H,14,16). The lowest BCUT2D eigenvalue weighted by atomic mass is 10.1. The van der Waals surface area contributed by atoms with Gasteiger partial charge < -0.3 is 4.57 Å². The summed E-state index contributed by atoms with van der Waals surface area (Å²) in [5.74, 6) is 1.28. The van der Waals surface area contributed by atoms with Crippen LogP contribution in [0.15, 0.2) is 0 Å². The number of thiazole rings is 1. The Morgan fingerprint density at radius 2 is 2.18 bits per heavy atom. The maximum absolute atomic E-state index is 5.15. The molecule has 0 aliphatic heterocycles. The topological polar surface area (TPSA) is 46.5 Å². The van der Waals surface area contributed by atoms with Gasteiger partial charge in [-0.25, -0.2) is 4.98 Å². The Balaban J connectivity index is 2.61. The summed E-state index contributed by atoms with van der Waals surface area (Å²) >= 11 is 6.86. The van der Waals surface area contributed by atoms with Gasteiger partial charge in [0.2, 0.25) is 0 Å². The van der Waals surface area contributed by atoms with E-state index >= 15 is 0 Å². The van der Waals surface area contributed by atoms with E-state index in [4.69, 9.17) is 12.2 Å². The Morgan fingerprint density at radius 3 is 2.65 bits per heavy atom. The van der Waals surface area contributed by atoms with E-state index in [0.717, 1.165) is 27.8 Å². The largest absolute Gasteiger partial charge is 0.303 e. The summed E-state index contributed by atoms with van der Waals surface area (Å²) in [5.41, 5.74) is 1.11. The van der Waals surface area contributed by atoms with Crippen molar-refractivity contribution >= 4 is 23.6 Å². The van der Waals surface area contributed by atoms with Crippen molar-refractivity contribution in [1.82, 2.24) is 19.7 Å². The quantitative estimate of drug-likeness (QED) is 0.869. The summed E-state index contributed by atoms with van der Waals surface area (Å²) in [6.07, 6.45) is 0.958. The van der Waals surface area contributed by atoms with Crippen LogP contribution in [0, 0.1) is 4.77 Å². The van der Waals surface area contributed by atoms with Gasteiger partial charge in [-0.2, -0.15) is 5.10 Å². The number of rotatable bonds is 3. The van der Waals surface area contributed by atoms with Crippen molar-refractivity contribution in [2.24, 2.45) is 7.05 Å². The first-order valence-electron chi connectivity index (χ1n) is 5.66. The van der Waals surface area contributed by atoms with Gasteiger partial charge in [-0.3, -0.25) is 5.10 Å². The Bertz CT molecular complexity index is 577. The zero-order valence-electron chi connectivity index (χ0n) is 10.4. The van der Waals surface area contributed by atoms with E-state index in [1.54, 1.807) is 11.3 Å². The fraction of sp³-hybridized carbons (Fsp3) is 0.545. The smallest absolute Gasteiger partial charge is 0.195 e. The van der Waals surface area contributed by atoms with Crippen LogP contribution < -0.4 is 0 Å². The van der Waals surface area contributed by atoms with Gasteiger partial charge in [0, 0.05) is 7.05 Å². The molecule has 0 bridgehead atoms. The van der Waals surface area contributed by atoms with Gasteiger partial charge >= 0.3 is 0 Å². The summed E-state index contributed by atoms with van der Waals surface area (Å²) in [6, 6.07) is 0. The van der Waals surface area contributed by atoms with Crippen molar-refractivity contribution in [2.45, 2.75) is 33.1 Å². The molecule has 0 aromatic carbocycles. The molecule has 4 nitrogen and oxygen atoms in total. The van der Waals surface area contributed by atoms with Crippen LogP contribution in [0.3, 0.4) is 0 Å². The lowest BCUT2D eigenvalue weighted by molar-refractivity contribution is 0.819. The number of nitrogens with one attached hydrogen (secondary N) is 1. The lowest BCUT2D eigenvalue weighted by Crippen LogP contribution is -1.96. The van der Waals surface area contributed by atoms with Crippen molar-refractivity contribution in [1.29, 1.82) is 0 Å². The maximum Gasteiger partial charge on any atom is 0.195 e. The molecule has 92 valence electrons. The summed E-state index contributed by atoms with van der Waals surface area (Å²) < 4.78 is 2.54. The molecule has 0 aliphatic carbocycles. The van der Waals surface area contributed by atoms with E-state index in [-0.39, 0.29) is 0 Å². The number of aryl methyl sites for hydroxylation is 1. The summed E-state index contributed by atoms with van der Waals surface area (Å²) in [7, 11) is 1.93. The van der Waals surface area contributed by atoms with Crippen LogP contribution in [0.5, 0.6) is 0 Å². The Kier molecular flexibility index (Phi) is 3.44. The minimum atomic E-state index is 0.395. The molecular formula is C11H16N4S2. The Morgan fingerprint density at radius 1 is 1.47 bits per heavy atom. The molecule has 2 rings (SSSR count). The van der Waals surface area contributed by atoms with Crippen LogP contribution in [0.2, 0.25) is 0 Å². The van der Waals surface area contributed by atoms with Crippen molar-refractivity contribution in [3.8, 4) is 10.7 Å². The average molecular weight is 268 g/mol. The van der Waals surface area contributed by atoms with Crippen LogP contribution in [-0.4, -0.2) is 19.7 Å². The number of aromatic amines is 1. The number of H-pyrrole nitrogens is 1. The van der Waals surface area contributed by atoms with Gasteiger partial charge in [-0.1, -0.05) is 20.8 Å². The second kappa shape index (κ2) is 4.70. The van der Waals surface area contributed by atoms with Crippen LogP contribution in [0.4, 0.5) is 0 Å². The molecule has 6 heteroatoms. The fourth-order valence-electron chi connectivity index (χ4n) is 1.63. The molecule has 0 atom stereocenters. The molecule has 0 unspecified atom stereocenters. The highest BCUT2D eigenvalue weighted by Gasteiger charge is 2.18. The zero-order chi connectivity index (χ0) is 12.6. The number of aromatic nitrogens is 4. The maximum atomic E-state index is 5.15. The van der Waals surface area contributed by atoms with Gasteiger partial charge in [0.05, 0.1) is 15.6 Å².